The number of nitrogens with one attached hydrogen (secondary N) is 1. The Bertz CT molecular complexity index is 1240. The molecule has 2 aromatic carbocycles. The highest BCUT2D eigenvalue weighted by atomic mass is 19.1. The molecule has 0 spiro atoms. The second-order valence-corrected chi connectivity index (χ2v) is 7.45. The van der Waals surface area contributed by atoms with Crippen LogP contribution in [0, 0.1) is 29.8 Å². The van der Waals surface area contributed by atoms with Gasteiger partial charge in [-0.2, -0.15) is 10.2 Å². The fourth-order valence-electron chi connectivity index (χ4n) is 3.24. The van der Waals surface area contributed by atoms with Crippen LogP contribution in [0.5, 0.6) is 11.5 Å². The number of aromatic nitrogens is 2. The second-order valence-electron chi connectivity index (χ2n) is 7.45. The Morgan fingerprint density at radius 1 is 1.21 bits per heavy atom. The van der Waals surface area contributed by atoms with Gasteiger partial charge in [0, 0.05) is 5.56 Å². The van der Waals surface area contributed by atoms with Gasteiger partial charge in [0.2, 0.25) is 0 Å². The number of carbonyl (C=O) groups is 1. The molecule has 0 bridgehead atoms. The van der Waals surface area contributed by atoms with Crippen LogP contribution in [-0.2, 0) is 17.9 Å². The van der Waals surface area contributed by atoms with E-state index in [4.69, 9.17) is 9.47 Å². The van der Waals surface area contributed by atoms with E-state index in [1.54, 1.807) is 37.3 Å². The van der Waals surface area contributed by atoms with Gasteiger partial charge >= 0.3 is 5.69 Å². The lowest BCUT2D eigenvalue weighted by Gasteiger charge is -2.12. The van der Waals surface area contributed by atoms with Crippen molar-refractivity contribution >= 4 is 17.3 Å². The summed E-state index contributed by atoms with van der Waals surface area (Å²) < 4.78 is 25.5. The summed E-state index contributed by atoms with van der Waals surface area (Å²) in [5, 5.41) is 19.3. The highest BCUT2D eigenvalue weighted by Gasteiger charge is 2.22. The molecule has 0 saturated heterocycles. The monoisotopic (exact) mass is 469 g/mol. The number of halogens is 1. The van der Waals surface area contributed by atoms with E-state index in [0.717, 1.165) is 5.56 Å². The van der Waals surface area contributed by atoms with Gasteiger partial charge in [-0.05, 0) is 56.7 Å². The quantitative estimate of drug-likeness (QED) is 0.290. The number of hydrazone groups is 1. The Morgan fingerprint density at radius 3 is 2.53 bits per heavy atom. The lowest BCUT2D eigenvalue weighted by atomic mass is 10.1. The molecule has 0 aliphatic heterocycles. The number of aryl methyl sites for hydroxylation is 1. The number of hydrogen-bond acceptors (Lipinski definition) is 7. The predicted molar refractivity (Wildman–Crippen MR) is 122 cm³/mol. The van der Waals surface area contributed by atoms with E-state index < -0.39 is 10.8 Å². The van der Waals surface area contributed by atoms with Gasteiger partial charge in [-0.3, -0.25) is 19.6 Å². The van der Waals surface area contributed by atoms with E-state index in [1.807, 2.05) is 0 Å². The predicted octanol–water partition coefficient (Wildman–Crippen LogP) is 3.68. The van der Waals surface area contributed by atoms with Crippen molar-refractivity contribution in [3.8, 4) is 11.5 Å². The van der Waals surface area contributed by atoms with Crippen LogP contribution < -0.4 is 14.9 Å². The molecule has 3 rings (SSSR count). The summed E-state index contributed by atoms with van der Waals surface area (Å²) in [6.07, 6.45) is 0. The highest BCUT2D eigenvalue weighted by molar-refractivity contribution is 5.99. The van der Waals surface area contributed by atoms with Gasteiger partial charge in [0.25, 0.3) is 5.91 Å². The summed E-state index contributed by atoms with van der Waals surface area (Å²) in [6.45, 7) is 4.79. The van der Waals surface area contributed by atoms with Crippen molar-refractivity contribution in [2.24, 2.45) is 5.10 Å². The Hall–Kier alpha value is -4.28. The average molecular weight is 469 g/mol. The van der Waals surface area contributed by atoms with Crippen molar-refractivity contribution in [3.63, 3.8) is 0 Å². The molecule has 1 heterocycles. The average Bonchev–Trinajstić information content (AvgIpc) is 3.09. The number of nitro groups is 1. The number of carbonyl (C=O) groups excluding carboxylic acids is 1. The zero-order valence-electron chi connectivity index (χ0n) is 19.2. The van der Waals surface area contributed by atoms with Crippen LogP contribution in [0.1, 0.15) is 29.4 Å². The summed E-state index contributed by atoms with van der Waals surface area (Å²) in [6, 6.07) is 11.2. The summed E-state index contributed by atoms with van der Waals surface area (Å²) in [4.78, 5) is 22.9. The minimum Gasteiger partial charge on any atom is -0.493 e. The van der Waals surface area contributed by atoms with Crippen molar-refractivity contribution in [1.82, 2.24) is 15.2 Å². The minimum atomic E-state index is -0.519. The van der Waals surface area contributed by atoms with Crippen LogP contribution >= 0.6 is 0 Å². The highest BCUT2D eigenvalue weighted by Crippen LogP contribution is 2.29. The Kier molecular flexibility index (Phi) is 7.57. The molecular formula is C23H24FN5O5. The summed E-state index contributed by atoms with van der Waals surface area (Å²) in [7, 11) is 1.51. The molecule has 0 unspecified atom stereocenters. The molecule has 34 heavy (non-hydrogen) atoms. The molecule has 1 amide bonds. The fraction of sp³-hybridized carbons (Fsp3) is 0.261. The first kappa shape index (κ1) is 24.4. The maximum atomic E-state index is 13.0. The molecule has 1 aromatic heterocycles. The van der Waals surface area contributed by atoms with Crippen molar-refractivity contribution in [1.29, 1.82) is 0 Å². The van der Waals surface area contributed by atoms with Gasteiger partial charge in [0.05, 0.1) is 17.7 Å². The van der Waals surface area contributed by atoms with E-state index in [1.165, 1.54) is 37.8 Å². The maximum Gasteiger partial charge on any atom is 0.312 e. The molecule has 0 aliphatic rings. The van der Waals surface area contributed by atoms with E-state index in [-0.39, 0.29) is 30.4 Å². The maximum absolute atomic E-state index is 13.0. The van der Waals surface area contributed by atoms with Gasteiger partial charge in [-0.25, -0.2) is 9.82 Å². The number of amides is 1. The first-order valence-electron chi connectivity index (χ1n) is 10.3. The van der Waals surface area contributed by atoms with Crippen LogP contribution in [0.4, 0.5) is 10.1 Å². The third kappa shape index (κ3) is 5.74. The van der Waals surface area contributed by atoms with Crippen molar-refractivity contribution in [2.75, 3.05) is 7.11 Å². The van der Waals surface area contributed by atoms with Gasteiger partial charge in [0.1, 0.15) is 30.4 Å². The largest absolute Gasteiger partial charge is 0.493 e. The third-order valence-electron chi connectivity index (χ3n) is 5.06. The molecule has 3 aromatic rings. The van der Waals surface area contributed by atoms with E-state index >= 15 is 0 Å². The van der Waals surface area contributed by atoms with E-state index in [0.29, 0.717) is 28.5 Å². The molecular weight excluding hydrogens is 445 g/mol. The molecule has 0 atom stereocenters. The lowest BCUT2D eigenvalue weighted by molar-refractivity contribution is -0.386. The summed E-state index contributed by atoms with van der Waals surface area (Å²) >= 11 is 0. The van der Waals surface area contributed by atoms with Crippen molar-refractivity contribution < 1.29 is 23.6 Å². The van der Waals surface area contributed by atoms with Gasteiger partial charge < -0.3 is 9.47 Å². The van der Waals surface area contributed by atoms with Crippen LogP contribution in [0.2, 0.25) is 0 Å². The summed E-state index contributed by atoms with van der Waals surface area (Å²) in [5.41, 5.74) is 4.86. The zero-order chi connectivity index (χ0) is 24.8. The SMILES string of the molecule is COc1cc(/C(C)=N/NC(=O)Cn2nc(C)c([N+](=O)[O-])c2C)ccc1OCc1ccc(F)cc1. The minimum absolute atomic E-state index is 0.110. The van der Waals surface area contributed by atoms with Gasteiger partial charge in [-0.1, -0.05) is 12.1 Å². The smallest absolute Gasteiger partial charge is 0.312 e. The number of hydrogen-bond donors (Lipinski definition) is 1. The van der Waals surface area contributed by atoms with Crippen LogP contribution in [0.15, 0.2) is 47.6 Å². The molecule has 0 aliphatic carbocycles. The van der Waals surface area contributed by atoms with Crippen LogP contribution in [0.3, 0.4) is 0 Å². The number of ether oxygens (including phenoxy) is 2. The van der Waals surface area contributed by atoms with Gasteiger partial charge in [0.15, 0.2) is 11.5 Å². The van der Waals surface area contributed by atoms with Crippen LogP contribution in [0.25, 0.3) is 0 Å². The van der Waals surface area contributed by atoms with E-state index in [2.05, 4.69) is 15.6 Å². The fourth-order valence-corrected chi connectivity index (χ4v) is 3.24. The normalized spacial score (nSPS) is 11.3. The van der Waals surface area contributed by atoms with Crippen molar-refractivity contribution in [2.45, 2.75) is 33.9 Å². The molecule has 1 N–H and O–H groups in total. The molecule has 11 heteroatoms. The standard InChI is InChI=1S/C23H24FN5O5/c1-14(25-26-22(30)12-28-16(3)23(29(31)32)15(2)27-28)18-7-10-20(21(11-18)33-4)34-13-17-5-8-19(24)9-6-17/h5-11H,12-13H2,1-4H3,(H,26,30)/b25-14+. The Labute approximate surface area is 195 Å². The Morgan fingerprint density at radius 2 is 1.91 bits per heavy atom. The first-order chi connectivity index (χ1) is 16.2. The second kappa shape index (κ2) is 10.6. The lowest BCUT2D eigenvalue weighted by Crippen LogP contribution is -2.25. The zero-order valence-corrected chi connectivity index (χ0v) is 19.2. The number of methoxy groups -OCH3 is 1. The third-order valence-corrected chi connectivity index (χ3v) is 5.06. The number of rotatable bonds is 9. The molecule has 0 radical (unpaired) electrons. The number of nitrogens with zero attached hydrogens (tertiary/aromatic N) is 4. The first-order valence-corrected chi connectivity index (χ1v) is 10.3. The van der Waals surface area contributed by atoms with Crippen LogP contribution in [-0.4, -0.2) is 33.4 Å². The molecule has 10 nitrogen and oxygen atoms in total. The summed E-state index contributed by atoms with van der Waals surface area (Å²) in [5.74, 6) is 0.170. The van der Waals surface area contributed by atoms with Gasteiger partial charge in [-0.15, -0.1) is 0 Å². The number of benzene rings is 2. The molecule has 0 saturated carbocycles. The van der Waals surface area contributed by atoms with E-state index in [9.17, 15) is 19.3 Å². The molecule has 178 valence electrons. The topological polar surface area (TPSA) is 121 Å². The molecule has 0 fully saturated rings. The van der Waals surface area contributed by atoms with Crippen molar-refractivity contribution in [3.05, 3.63) is 80.9 Å². The Balaban J connectivity index is 1.65.